The van der Waals surface area contributed by atoms with Crippen molar-refractivity contribution in [3.05, 3.63) is 39.7 Å². The lowest BCUT2D eigenvalue weighted by Crippen LogP contribution is -2.29. The monoisotopic (exact) mass is 277 g/mol. The molecule has 0 spiro atoms. The van der Waals surface area contributed by atoms with E-state index in [4.69, 9.17) is 9.15 Å². The van der Waals surface area contributed by atoms with E-state index in [0.717, 1.165) is 10.9 Å². The topological polar surface area (TPSA) is 71.7 Å². The lowest BCUT2D eigenvalue weighted by atomic mass is 10.1. The molecule has 0 radical (unpaired) electrons. The highest BCUT2D eigenvalue weighted by molar-refractivity contribution is 5.84. The molecule has 1 atom stereocenters. The minimum Gasteiger partial charge on any atom is -0.508 e. The first kappa shape index (κ1) is 14.6. The Labute approximate surface area is 117 Å². The van der Waals surface area contributed by atoms with Gasteiger partial charge in [0.1, 0.15) is 11.3 Å². The van der Waals surface area contributed by atoms with Crippen molar-refractivity contribution in [3.63, 3.8) is 0 Å². The number of ether oxygens (including phenoxy) is 1. The maximum absolute atomic E-state index is 11.6. The van der Waals surface area contributed by atoms with Gasteiger partial charge in [-0.2, -0.15) is 0 Å². The average molecular weight is 277 g/mol. The van der Waals surface area contributed by atoms with Crippen LogP contribution < -0.4 is 10.9 Å². The van der Waals surface area contributed by atoms with Gasteiger partial charge in [0.2, 0.25) is 0 Å². The van der Waals surface area contributed by atoms with Crippen molar-refractivity contribution in [2.45, 2.75) is 26.4 Å². The van der Waals surface area contributed by atoms with E-state index in [1.165, 1.54) is 6.07 Å². The molecular formula is C15H19NO4. The number of phenols is 1. The molecule has 1 aromatic heterocycles. The molecule has 0 bridgehead atoms. The summed E-state index contributed by atoms with van der Waals surface area (Å²) in [6, 6.07) is 5.03. The standard InChI is InChI=1S/C15H19NO4/c1-9(8-19-3)16-7-11-6-14(18)20-15-10(2)13(17)5-4-12(11)15/h4-6,9,16-17H,7-8H2,1-3H3/t9-/m1/s1. The van der Waals surface area contributed by atoms with Gasteiger partial charge in [-0.05, 0) is 31.5 Å². The van der Waals surface area contributed by atoms with Crippen LogP contribution in [0.3, 0.4) is 0 Å². The third-order valence-electron chi connectivity index (χ3n) is 3.28. The Hall–Kier alpha value is -1.85. The molecule has 0 saturated carbocycles. The molecule has 5 heteroatoms. The molecule has 1 aromatic carbocycles. The number of rotatable bonds is 5. The first-order valence-corrected chi connectivity index (χ1v) is 6.50. The predicted octanol–water partition coefficient (Wildman–Crippen LogP) is 1.93. The van der Waals surface area contributed by atoms with E-state index in [0.29, 0.717) is 24.3 Å². The van der Waals surface area contributed by atoms with Gasteiger partial charge in [-0.1, -0.05) is 0 Å². The molecule has 0 saturated heterocycles. The molecule has 0 aliphatic carbocycles. The zero-order valence-corrected chi connectivity index (χ0v) is 11.9. The second-order valence-electron chi connectivity index (χ2n) is 4.91. The molecular weight excluding hydrogens is 258 g/mol. The number of aryl methyl sites for hydroxylation is 1. The third-order valence-corrected chi connectivity index (χ3v) is 3.28. The van der Waals surface area contributed by atoms with Crippen molar-refractivity contribution < 1.29 is 14.3 Å². The van der Waals surface area contributed by atoms with Crippen molar-refractivity contribution >= 4 is 11.0 Å². The quantitative estimate of drug-likeness (QED) is 0.817. The number of fused-ring (bicyclic) bond motifs is 1. The van der Waals surface area contributed by atoms with Crippen LogP contribution in [0.25, 0.3) is 11.0 Å². The van der Waals surface area contributed by atoms with E-state index in [2.05, 4.69) is 5.32 Å². The number of phenolic OH excluding ortho intramolecular Hbond substituents is 1. The number of benzene rings is 1. The number of nitrogens with one attached hydrogen (secondary N) is 1. The smallest absolute Gasteiger partial charge is 0.336 e. The van der Waals surface area contributed by atoms with Crippen LogP contribution in [0.4, 0.5) is 0 Å². The van der Waals surface area contributed by atoms with Crippen molar-refractivity contribution in [2.24, 2.45) is 0 Å². The summed E-state index contributed by atoms with van der Waals surface area (Å²) in [6.07, 6.45) is 0. The maximum Gasteiger partial charge on any atom is 0.336 e. The third kappa shape index (κ3) is 3.00. The van der Waals surface area contributed by atoms with Crippen LogP contribution in [0.2, 0.25) is 0 Å². The van der Waals surface area contributed by atoms with Gasteiger partial charge in [-0.25, -0.2) is 4.79 Å². The summed E-state index contributed by atoms with van der Waals surface area (Å²) in [6.45, 7) is 4.87. The molecule has 0 unspecified atom stereocenters. The largest absolute Gasteiger partial charge is 0.508 e. The summed E-state index contributed by atoms with van der Waals surface area (Å²) in [5.41, 5.74) is 1.45. The van der Waals surface area contributed by atoms with Crippen LogP contribution in [-0.2, 0) is 11.3 Å². The van der Waals surface area contributed by atoms with E-state index in [9.17, 15) is 9.90 Å². The van der Waals surface area contributed by atoms with Gasteiger partial charge in [0.25, 0.3) is 0 Å². The van der Waals surface area contributed by atoms with Crippen LogP contribution in [0, 0.1) is 6.92 Å². The minimum atomic E-state index is -0.414. The summed E-state index contributed by atoms with van der Waals surface area (Å²) in [4.78, 5) is 11.6. The summed E-state index contributed by atoms with van der Waals surface area (Å²) in [5, 5.41) is 13.8. The number of methoxy groups -OCH3 is 1. The van der Waals surface area contributed by atoms with Crippen molar-refractivity contribution in [3.8, 4) is 5.75 Å². The normalized spacial score (nSPS) is 12.8. The molecule has 0 amide bonds. The van der Waals surface area contributed by atoms with Gasteiger partial charge in [0.05, 0.1) is 6.61 Å². The Bertz CT molecular complexity index is 663. The van der Waals surface area contributed by atoms with E-state index >= 15 is 0 Å². The van der Waals surface area contributed by atoms with Crippen LogP contribution in [0.1, 0.15) is 18.1 Å². The summed E-state index contributed by atoms with van der Waals surface area (Å²) in [5.74, 6) is 0.124. The fourth-order valence-corrected chi connectivity index (χ4v) is 2.16. The lowest BCUT2D eigenvalue weighted by Gasteiger charge is -2.14. The van der Waals surface area contributed by atoms with Gasteiger partial charge in [-0.3, -0.25) is 0 Å². The van der Waals surface area contributed by atoms with Crippen LogP contribution >= 0.6 is 0 Å². The lowest BCUT2D eigenvalue weighted by molar-refractivity contribution is 0.171. The van der Waals surface area contributed by atoms with E-state index in [1.54, 1.807) is 26.2 Å². The fraction of sp³-hybridized carbons (Fsp3) is 0.400. The summed E-state index contributed by atoms with van der Waals surface area (Å²) >= 11 is 0. The van der Waals surface area contributed by atoms with Gasteiger partial charge >= 0.3 is 5.63 Å². The fourth-order valence-electron chi connectivity index (χ4n) is 2.16. The Kier molecular flexibility index (Phi) is 4.42. The van der Waals surface area contributed by atoms with Crippen LogP contribution in [0.5, 0.6) is 5.75 Å². The van der Waals surface area contributed by atoms with Gasteiger partial charge in [0, 0.05) is 36.7 Å². The second-order valence-corrected chi connectivity index (χ2v) is 4.91. The van der Waals surface area contributed by atoms with Gasteiger partial charge < -0.3 is 19.6 Å². The first-order chi connectivity index (χ1) is 9.52. The highest BCUT2D eigenvalue weighted by Crippen LogP contribution is 2.27. The van der Waals surface area contributed by atoms with Crippen molar-refractivity contribution in [1.82, 2.24) is 5.32 Å². The van der Waals surface area contributed by atoms with E-state index < -0.39 is 5.63 Å². The highest BCUT2D eigenvalue weighted by Gasteiger charge is 2.11. The maximum atomic E-state index is 11.6. The molecule has 0 fully saturated rings. The second kappa shape index (κ2) is 6.07. The predicted molar refractivity (Wildman–Crippen MR) is 77.1 cm³/mol. The number of hydrogen-bond donors (Lipinski definition) is 2. The minimum absolute atomic E-state index is 0.124. The Morgan fingerprint density at radius 1 is 1.45 bits per heavy atom. The molecule has 108 valence electrons. The zero-order valence-electron chi connectivity index (χ0n) is 11.9. The van der Waals surface area contributed by atoms with Crippen molar-refractivity contribution in [2.75, 3.05) is 13.7 Å². The SMILES string of the molecule is COC[C@@H](C)NCc1cc(=O)oc2c(C)c(O)ccc12. The number of aromatic hydroxyl groups is 1. The zero-order chi connectivity index (χ0) is 14.7. The Morgan fingerprint density at radius 2 is 2.20 bits per heavy atom. The Morgan fingerprint density at radius 3 is 2.90 bits per heavy atom. The summed E-state index contributed by atoms with van der Waals surface area (Å²) < 4.78 is 10.3. The summed E-state index contributed by atoms with van der Waals surface area (Å²) in [7, 11) is 1.65. The van der Waals surface area contributed by atoms with Crippen LogP contribution in [-0.4, -0.2) is 24.9 Å². The van der Waals surface area contributed by atoms with Crippen LogP contribution in [0.15, 0.2) is 27.4 Å². The van der Waals surface area contributed by atoms with Gasteiger partial charge in [-0.15, -0.1) is 0 Å². The molecule has 2 rings (SSSR count). The van der Waals surface area contributed by atoms with E-state index in [-0.39, 0.29) is 11.8 Å². The first-order valence-electron chi connectivity index (χ1n) is 6.50. The molecule has 0 aliphatic rings. The molecule has 0 aliphatic heterocycles. The molecule has 20 heavy (non-hydrogen) atoms. The molecule has 2 N–H and O–H groups in total. The average Bonchev–Trinajstić information content (AvgIpc) is 2.41. The molecule has 1 heterocycles. The number of hydrogen-bond acceptors (Lipinski definition) is 5. The highest BCUT2D eigenvalue weighted by atomic mass is 16.5. The van der Waals surface area contributed by atoms with Crippen molar-refractivity contribution in [1.29, 1.82) is 0 Å². The Balaban J connectivity index is 2.38. The molecule has 5 nitrogen and oxygen atoms in total. The molecule has 2 aromatic rings. The van der Waals surface area contributed by atoms with Gasteiger partial charge in [0.15, 0.2) is 0 Å². The van der Waals surface area contributed by atoms with E-state index in [1.807, 2.05) is 6.92 Å².